The second kappa shape index (κ2) is 8.88. The molecule has 0 radical (unpaired) electrons. The molecule has 0 bridgehead atoms. The first-order valence-electron chi connectivity index (χ1n) is 10.6. The molecule has 2 aromatic heterocycles. The Balaban J connectivity index is 1.23. The molecular formula is C23H22N6O2S. The zero-order valence-electron chi connectivity index (χ0n) is 17.6. The molecule has 1 saturated carbocycles. The van der Waals surface area contributed by atoms with Crippen molar-refractivity contribution in [3.8, 4) is 27.7 Å². The van der Waals surface area contributed by atoms with Crippen molar-refractivity contribution in [3.63, 3.8) is 0 Å². The Bertz CT molecular complexity index is 1230. The highest BCUT2D eigenvalue weighted by atomic mass is 32.1. The molecular weight excluding hydrogens is 424 g/mol. The predicted octanol–water partition coefficient (Wildman–Crippen LogP) is 4.38. The monoisotopic (exact) mass is 446 g/mol. The van der Waals surface area contributed by atoms with Gasteiger partial charge in [0.05, 0.1) is 30.3 Å². The maximum Gasteiger partial charge on any atom is 0.230 e. The van der Waals surface area contributed by atoms with Gasteiger partial charge in [0.1, 0.15) is 10.8 Å². The SMILES string of the molecule is CCOc1ccccc1-c1nc(CC(=O)Nc2ccc(-c3nnnn3C3CC3)cc2)cs1. The smallest absolute Gasteiger partial charge is 0.230 e. The summed E-state index contributed by atoms with van der Waals surface area (Å²) in [5.41, 5.74) is 3.32. The van der Waals surface area contributed by atoms with Gasteiger partial charge in [-0.2, -0.15) is 0 Å². The van der Waals surface area contributed by atoms with Gasteiger partial charge in [0.2, 0.25) is 5.91 Å². The minimum atomic E-state index is -0.115. The minimum absolute atomic E-state index is 0.115. The molecule has 1 amide bonds. The summed E-state index contributed by atoms with van der Waals surface area (Å²) in [7, 11) is 0. The summed E-state index contributed by atoms with van der Waals surface area (Å²) in [5, 5.41) is 17.7. The van der Waals surface area contributed by atoms with Gasteiger partial charge in [0.25, 0.3) is 0 Å². The van der Waals surface area contributed by atoms with E-state index in [2.05, 4.69) is 25.8 Å². The number of thiazole rings is 1. The Morgan fingerprint density at radius 3 is 2.78 bits per heavy atom. The van der Waals surface area contributed by atoms with Gasteiger partial charge in [-0.3, -0.25) is 4.79 Å². The fourth-order valence-corrected chi connectivity index (χ4v) is 4.31. The third kappa shape index (κ3) is 4.38. The number of amides is 1. The summed E-state index contributed by atoms with van der Waals surface area (Å²) in [4.78, 5) is 17.2. The molecule has 1 fully saturated rings. The summed E-state index contributed by atoms with van der Waals surface area (Å²) >= 11 is 1.51. The average molecular weight is 447 g/mol. The summed E-state index contributed by atoms with van der Waals surface area (Å²) in [6.45, 7) is 2.54. The van der Waals surface area contributed by atoms with Crippen molar-refractivity contribution in [1.29, 1.82) is 0 Å². The number of ether oxygens (including phenoxy) is 1. The molecule has 5 rings (SSSR count). The maximum absolute atomic E-state index is 12.6. The van der Waals surface area contributed by atoms with Crippen LogP contribution in [-0.4, -0.2) is 37.7 Å². The van der Waals surface area contributed by atoms with E-state index >= 15 is 0 Å². The molecule has 0 saturated heterocycles. The first kappa shape index (κ1) is 20.3. The Kier molecular flexibility index (Phi) is 5.64. The number of para-hydroxylation sites is 1. The lowest BCUT2D eigenvalue weighted by molar-refractivity contribution is -0.115. The number of tetrazole rings is 1. The summed E-state index contributed by atoms with van der Waals surface area (Å²) < 4.78 is 7.57. The van der Waals surface area contributed by atoms with Crippen LogP contribution in [-0.2, 0) is 11.2 Å². The van der Waals surface area contributed by atoms with E-state index in [1.807, 2.05) is 65.5 Å². The van der Waals surface area contributed by atoms with Crippen LogP contribution in [0, 0.1) is 0 Å². The van der Waals surface area contributed by atoms with E-state index in [0.717, 1.165) is 51.9 Å². The van der Waals surface area contributed by atoms with Crippen LogP contribution in [0.5, 0.6) is 5.75 Å². The van der Waals surface area contributed by atoms with Crippen molar-refractivity contribution in [3.05, 3.63) is 59.6 Å². The number of nitrogens with zero attached hydrogens (tertiary/aromatic N) is 5. The number of carbonyl (C=O) groups excluding carboxylic acids is 1. The molecule has 1 aliphatic rings. The molecule has 1 aliphatic carbocycles. The first-order chi connectivity index (χ1) is 15.7. The van der Waals surface area contributed by atoms with E-state index in [1.165, 1.54) is 11.3 Å². The molecule has 2 aromatic carbocycles. The summed E-state index contributed by atoms with van der Waals surface area (Å²) in [5.74, 6) is 1.44. The molecule has 4 aromatic rings. The van der Waals surface area contributed by atoms with Crippen LogP contribution >= 0.6 is 11.3 Å². The molecule has 2 heterocycles. The number of rotatable bonds is 8. The van der Waals surface area contributed by atoms with Gasteiger partial charge in [-0.15, -0.1) is 16.4 Å². The standard InChI is InChI=1S/C23H22N6O2S/c1-2-31-20-6-4-3-5-19(20)23-25-17(14-32-23)13-21(30)24-16-9-7-15(8-10-16)22-26-27-28-29(22)18-11-12-18/h3-10,14,18H,2,11-13H2,1H3,(H,24,30). The number of hydrogen-bond donors (Lipinski definition) is 1. The number of aromatic nitrogens is 5. The number of carbonyl (C=O) groups is 1. The lowest BCUT2D eigenvalue weighted by atomic mass is 10.2. The largest absolute Gasteiger partial charge is 0.493 e. The number of hydrogen-bond acceptors (Lipinski definition) is 7. The average Bonchev–Trinajstić information content (AvgIpc) is 3.34. The maximum atomic E-state index is 12.6. The Labute approximate surface area is 189 Å². The molecule has 32 heavy (non-hydrogen) atoms. The molecule has 9 heteroatoms. The Morgan fingerprint density at radius 1 is 1.19 bits per heavy atom. The van der Waals surface area contributed by atoms with Crippen LogP contribution in [0.25, 0.3) is 22.0 Å². The van der Waals surface area contributed by atoms with Crippen LogP contribution in [0.15, 0.2) is 53.9 Å². The topological polar surface area (TPSA) is 94.8 Å². The number of anilines is 1. The Hall–Kier alpha value is -3.59. The highest BCUT2D eigenvalue weighted by Gasteiger charge is 2.28. The highest BCUT2D eigenvalue weighted by molar-refractivity contribution is 7.13. The van der Waals surface area contributed by atoms with Gasteiger partial charge in [0, 0.05) is 16.6 Å². The van der Waals surface area contributed by atoms with Crippen LogP contribution in [0.4, 0.5) is 5.69 Å². The summed E-state index contributed by atoms with van der Waals surface area (Å²) in [6, 6.07) is 15.8. The fraction of sp³-hybridized carbons (Fsp3) is 0.261. The van der Waals surface area contributed by atoms with Gasteiger partial charge in [-0.25, -0.2) is 9.67 Å². The molecule has 0 spiro atoms. The Morgan fingerprint density at radius 2 is 2.00 bits per heavy atom. The molecule has 0 aliphatic heterocycles. The van der Waals surface area contributed by atoms with Crippen LogP contribution in [0.2, 0.25) is 0 Å². The zero-order valence-corrected chi connectivity index (χ0v) is 18.4. The van der Waals surface area contributed by atoms with E-state index < -0.39 is 0 Å². The lowest BCUT2D eigenvalue weighted by Crippen LogP contribution is -2.14. The van der Waals surface area contributed by atoms with E-state index in [-0.39, 0.29) is 12.3 Å². The first-order valence-corrected chi connectivity index (χ1v) is 11.4. The molecule has 0 atom stereocenters. The van der Waals surface area contributed by atoms with E-state index in [9.17, 15) is 4.79 Å². The van der Waals surface area contributed by atoms with Gasteiger partial charge in [-0.05, 0) is 66.6 Å². The number of nitrogens with one attached hydrogen (secondary N) is 1. The van der Waals surface area contributed by atoms with Crippen molar-refractivity contribution in [2.24, 2.45) is 0 Å². The second-order valence-corrected chi connectivity index (χ2v) is 8.41. The third-order valence-corrected chi connectivity index (χ3v) is 6.05. The highest BCUT2D eigenvalue weighted by Crippen LogP contribution is 2.36. The van der Waals surface area contributed by atoms with Gasteiger partial charge in [-0.1, -0.05) is 12.1 Å². The quantitative estimate of drug-likeness (QED) is 0.432. The number of benzene rings is 2. The second-order valence-electron chi connectivity index (χ2n) is 7.55. The lowest BCUT2D eigenvalue weighted by Gasteiger charge is -2.07. The van der Waals surface area contributed by atoms with Crippen molar-refractivity contribution in [2.45, 2.75) is 32.2 Å². The van der Waals surface area contributed by atoms with E-state index in [0.29, 0.717) is 12.6 Å². The van der Waals surface area contributed by atoms with E-state index in [1.54, 1.807) is 0 Å². The van der Waals surface area contributed by atoms with Crippen LogP contribution in [0.1, 0.15) is 31.5 Å². The van der Waals surface area contributed by atoms with Gasteiger partial charge < -0.3 is 10.1 Å². The zero-order chi connectivity index (χ0) is 21.9. The van der Waals surface area contributed by atoms with Crippen molar-refractivity contribution < 1.29 is 9.53 Å². The van der Waals surface area contributed by atoms with Crippen molar-refractivity contribution in [2.75, 3.05) is 11.9 Å². The predicted molar refractivity (Wildman–Crippen MR) is 123 cm³/mol. The normalized spacial score (nSPS) is 13.2. The van der Waals surface area contributed by atoms with Crippen molar-refractivity contribution in [1.82, 2.24) is 25.2 Å². The molecule has 162 valence electrons. The molecule has 0 unspecified atom stereocenters. The van der Waals surface area contributed by atoms with Crippen molar-refractivity contribution >= 4 is 22.9 Å². The molecule has 8 nitrogen and oxygen atoms in total. The van der Waals surface area contributed by atoms with E-state index in [4.69, 9.17) is 4.74 Å². The van der Waals surface area contributed by atoms with Crippen LogP contribution in [0.3, 0.4) is 0 Å². The minimum Gasteiger partial charge on any atom is -0.493 e. The van der Waals surface area contributed by atoms with Crippen LogP contribution < -0.4 is 10.1 Å². The van der Waals surface area contributed by atoms with Gasteiger partial charge >= 0.3 is 0 Å². The van der Waals surface area contributed by atoms with Gasteiger partial charge in [0.15, 0.2) is 5.82 Å². The molecule has 1 N–H and O–H groups in total. The fourth-order valence-electron chi connectivity index (χ4n) is 3.46. The summed E-state index contributed by atoms with van der Waals surface area (Å²) in [6.07, 6.45) is 2.43. The third-order valence-electron chi connectivity index (χ3n) is 5.12.